The second-order valence-corrected chi connectivity index (χ2v) is 6.05. The molecule has 6 heteroatoms. The number of carbonyl (C=O) groups is 1. The SMILES string of the molecule is CC(=O)Nc1cc(-c2[nH]c3cccnc3c2-c2cccc(C)n2)ccn1. The normalized spacial score (nSPS) is 10.8. The summed E-state index contributed by atoms with van der Waals surface area (Å²) in [6.45, 7) is 3.43. The Labute approximate surface area is 150 Å². The molecule has 0 saturated heterocycles. The molecule has 0 bridgehead atoms. The van der Waals surface area contributed by atoms with E-state index < -0.39 is 0 Å². The topological polar surface area (TPSA) is 83.6 Å². The highest BCUT2D eigenvalue weighted by molar-refractivity contribution is 6.01. The molecule has 4 aromatic rings. The fourth-order valence-corrected chi connectivity index (χ4v) is 3.00. The van der Waals surface area contributed by atoms with E-state index in [4.69, 9.17) is 0 Å². The van der Waals surface area contributed by atoms with E-state index in [1.54, 1.807) is 12.4 Å². The summed E-state index contributed by atoms with van der Waals surface area (Å²) in [5, 5.41) is 2.72. The van der Waals surface area contributed by atoms with E-state index in [9.17, 15) is 4.79 Å². The van der Waals surface area contributed by atoms with E-state index in [1.807, 2.05) is 49.4 Å². The summed E-state index contributed by atoms with van der Waals surface area (Å²) in [6.07, 6.45) is 3.45. The Morgan fingerprint density at radius 3 is 2.77 bits per heavy atom. The van der Waals surface area contributed by atoms with Crippen molar-refractivity contribution in [1.29, 1.82) is 0 Å². The smallest absolute Gasteiger partial charge is 0.222 e. The Morgan fingerprint density at radius 2 is 1.96 bits per heavy atom. The van der Waals surface area contributed by atoms with Gasteiger partial charge in [0, 0.05) is 30.6 Å². The third-order valence-electron chi connectivity index (χ3n) is 4.05. The third-order valence-corrected chi connectivity index (χ3v) is 4.05. The summed E-state index contributed by atoms with van der Waals surface area (Å²) in [4.78, 5) is 28.2. The van der Waals surface area contributed by atoms with Crippen LogP contribution in [0.5, 0.6) is 0 Å². The van der Waals surface area contributed by atoms with E-state index in [0.717, 1.165) is 39.2 Å². The predicted molar refractivity (Wildman–Crippen MR) is 102 cm³/mol. The van der Waals surface area contributed by atoms with Crippen molar-refractivity contribution in [2.45, 2.75) is 13.8 Å². The number of pyridine rings is 3. The zero-order valence-electron chi connectivity index (χ0n) is 14.4. The molecule has 1 amide bonds. The molecule has 0 saturated carbocycles. The lowest BCUT2D eigenvalue weighted by atomic mass is 10.0. The van der Waals surface area contributed by atoms with Gasteiger partial charge in [-0.2, -0.15) is 0 Å². The van der Waals surface area contributed by atoms with Crippen LogP contribution in [0.3, 0.4) is 0 Å². The van der Waals surface area contributed by atoms with Crippen LogP contribution in [0, 0.1) is 6.92 Å². The molecule has 0 aliphatic carbocycles. The van der Waals surface area contributed by atoms with E-state index in [-0.39, 0.29) is 5.91 Å². The monoisotopic (exact) mass is 343 g/mol. The van der Waals surface area contributed by atoms with E-state index in [2.05, 4.69) is 25.3 Å². The van der Waals surface area contributed by atoms with Crippen LogP contribution in [0.4, 0.5) is 5.82 Å². The molecule has 128 valence electrons. The van der Waals surface area contributed by atoms with E-state index >= 15 is 0 Å². The first-order valence-corrected chi connectivity index (χ1v) is 8.26. The summed E-state index contributed by atoms with van der Waals surface area (Å²) < 4.78 is 0. The van der Waals surface area contributed by atoms with Crippen molar-refractivity contribution in [1.82, 2.24) is 19.9 Å². The van der Waals surface area contributed by atoms with Crippen molar-refractivity contribution in [3.63, 3.8) is 0 Å². The molecule has 26 heavy (non-hydrogen) atoms. The minimum absolute atomic E-state index is 0.159. The number of hydrogen-bond acceptors (Lipinski definition) is 4. The van der Waals surface area contributed by atoms with Crippen molar-refractivity contribution in [3.05, 3.63) is 60.6 Å². The van der Waals surface area contributed by atoms with Crippen molar-refractivity contribution in [2.75, 3.05) is 5.32 Å². The highest BCUT2D eigenvalue weighted by Crippen LogP contribution is 2.36. The fourth-order valence-electron chi connectivity index (χ4n) is 3.00. The number of rotatable bonds is 3. The highest BCUT2D eigenvalue weighted by atomic mass is 16.1. The molecule has 4 rings (SSSR count). The predicted octanol–water partition coefficient (Wildman–Crippen LogP) is 3.95. The van der Waals surface area contributed by atoms with Crippen LogP contribution in [0.15, 0.2) is 54.9 Å². The molecule has 0 unspecified atom stereocenters. The molecule has 4 aromatic heterocycles. The van der Waals surface area contributed by atoms with Crippen LogP contribution >= 0.6 is 0 Å². The van der Waals surface area contributed by atoms with Gasteiger partial charge in [0.05, 0.1) is 28.0 Å². The first-order chi connectivity index (χ1) is 12.6. The molecule has 0 radical (unpaired) electrons. The van der Waals surface area contributed by atoms with Gasteiger partial charge in [0.1, 0.15) is 5.82 Å². The molecular weight excluding hydrogens is 326 g/mol. The number of carbonyl (C=O) groups excluding carboxylic acids is 1. The Morgan fingerprint density at radius 1 is 1.08 bits per heavy atom. The maximum Gasteiger partial charge on any atom is 0.222 e. The molecular formula is C20H17N5O. The molecule has 0 aromatic carbocycles. The number of nitrogens with one attached hydrogen (secondary N) is 2. The molecule has 0 spiro atoms. The van der Waals surface area contributed by atoms with E-state index in [0.29, 0.717) is 5.82 Å². The van der Waals surface area contributed by atoms with Gasteiger partial charge in [-0.25, -0.2) is 4.98 Å². The molecule has 0 atom stereocenters. The molecule has 0 fully saturated rings. The molecule has 0 aliphatic rings. The summed E-state index contributed by atoms with van der Waals surface area (Å²) >= 11 is 0. The second kappa shape index (κ2) is 6.40. The lowest BCUT2D eigenvalue weighted by Crippen LogP contribution is -2.07. The van der Waals surface area contributed by atoms with Crippen molar-refractivity contribution >= 4 is 22.8 Å². The maximum atomic E-state index is 11.3. The third kappa shape index (κ3) is 2.93. The number of aromatic nitrogens is 4. The fraction of sp³-hybridized carbons (Fsp3) is 0.100. The number of hydrogen-bond donors (Lipinski definition) is 2. The van der Waals surface area contributed by atoms with Gasteiger partial charge in [0.25, 0.3) is 0 Å². The first-order valence-electron chi connectivity index (χ1n) is 8.26. The minimum Gasteiger partial charge on any atom is -0.353 e. The van der Waals surface area contributed by atoms with Gasteiger partial charge in [-0.1, -0.05) is 6.07 Å². The number of nitrogens with zero attached hydrogens (tertiary/aromatic N) is 3. The van der Waals surface area contributed by atoms with Gasteiger partial charge in [-0.15, -0.1) is 0 Å². The maximum absolute atomic E-state index is 11.3. The average molecular weight is 343 g/mol. The van der Waals surface area contributed by atoms with Crippen molar-refractivity contribution in [2.24, 2.45) is 0 Å². The number of aromatic amines is 1. The number of amides is 1. The molecule has 4 heterocycles. The molecule has 2 N–H and O–H groups in total. The van der Waals surface area contributed by atoms with Gasteiger partial charge in [0.15, 0.2) is 0 Å². The van der Waals surface area contributed by atoms with Gasteiger partial charge in [-0.05, 0) is 43.3 Å². The zero-order valence-corrected chi connectivity index (χ0v) is 14.4. The number of H-pyrrole nitrogens is 1. The largest absolute Gasteiger partial charge is 0.353 e. The molecule has 6 nitrogen and oxygen atoms in total. The lowest BCUT2D eigenvalue weighted by molar-refractivity contribution is -0.114. The van der Waals surface area contributed by atoms with Crippen LogP contribution in [-0.4, -0.2) is 25.8 Å². The highest BCUT2D eigenvalue weighted by Gasteiger charge is 2.17. The molecule has 0 aliphatic heterocycles. The van der Waals surface area contributed by atoms with Crippen LogP contribution in [0.25, 0.3) is 33.5 Å². The van der Waals surface area contributed by atoms with Gasteiger partial charge < -0.3 is 10.3 Å². The van der Waals surface area contributed by atoms with Crippen LogP contribution < -0.4 is 5.32 Å². The van der Waals surface area contributed by atoms with Crippen molar-refractivity contribution < 1.29 is 4.79 Å². The zero-order chi connectivity index (χ0) is 18.1. The summed E-state index contributed by atoms with van der Waals surface area (Å²) in [6, 6.07) is 13.5. The Hall–Kier alpha value is -3.54. The van der Waals surface area contributed by atoms with Crippen molar-refractivity contribution in [3.8, 4) is 22.5 Å². The number of fused-ring (bicyclic) bond motifs is 1. The Bertz CT molecular complexity index is 1120. The number of aryl methyl sites for hydroxylation is 1. The second-order valence-electron chi connectivity index (χ2n) is 6.05. The van der Waals surface area contributed by atoms with Crippen LogP contribution in [0.1, 0.15) is 12.6 Å². The van der Waals surface area contributed by atoms with Gasteiger partial charge in [0.2, 0.25) is 5.91 Å². The quantitative estimate of drug-likeness (QED) is 0.590. The number of anilines is 1. The van der Waals surface area contributed by atoms with Crippen LogP contribution in [-0.2, 0) is 4.79 Å². The van der Waals surface area contributed by atoms with Crippen LogP contribution in [0.2, 0.25) is 0 Å². The first kappa shape index (κ1) is 16.0. The lowest BCUT2D eigenvalue weighted by Gasteiger charge is -2.07. The van der Waals surface area contributed by atoms with E-state index in [1.165, 1.54) is 6.92 Å². The average Bonchev–Trinajstić information content (AvgIpc) is 3.01. The minimum atomic E-state index is -0.159. The Balaban J connectivity index is 1.96. The van der Waals surface area contributed by atoms with Gasteiger partial charge in [-0.3, -0.25) is 14.8 Å². The standard InChI is InChI=1S/C20H17N5O/c1-12-5-3-6-15(23-12)18-19(25-16-7-4-9-22-20(16)18)14-8-10-21-17(11-14)24-13(2)26/h3-11,25H,1-2H3,(H,21,24,26). The Kier molecular flexibility index (Phi) is 3.93. The summed E-state index contributed by atoms with van der Waals surface area (Å²) in [7, 11) is 0. The summed E-state index contributed by atoms with van der Waals surface area (Å²) in [5.74, 6) is 0.346. The van der Waals surface area contributed by atoms with Gasteiger partial charge >= 0.3 is 0 Å². The summed E-state index contributed by atoms with van der Waals surface area (Å²) in [5.41, 5.74) is 6.31.